The standard InChI is InChI=1S/C21H28N2O4S/c1-6-20(19-11-10-15(2)12-16(19)3)22-21(24)14-23(28(5,25)26)17-8-7-9-18(13-17)27-4/h7-13,20H,6,14H2,1-5H3,(H,22,24). The molecule has 0 aliphatic rings. The predicted molar refractivity (Wildman–Crippen MR) is 112 cm³/mol. The molecule has 1 unspecified atom stereocenters. The van der Waals surface area contributed by atoms with Gasteiger partial charge in [-0.25, -0.2) is 8.42 Å². The van der Waals surface area contributed by atoms with Crippen molar-refractivity contribution in [3.8, 4) is 5.75 Å². The van der Waals surface area contributed by atoms with E-state index in [0.717, 1.165) is 27.3 Å². The molecule has 0 aromatic heterocycles. The van der Waals surface area contributed by atoms with E-state index in [2.05, 4.69) is 11.4 Å². The number of nitrogens with zero attached hydrogens (tertiary/aromatic N) is 1. The molecule has 0 saturated carbocycles. The number of sulfonamides is 1. The van der Waals surface area contributed by atoms with E-state index in [4.69, 9.17) is 4.74 Å². The number of benzene rings is 2. The number of methoxy groups -OCH3 is 1. The number of rotatable bonds is 8. The number of carbonyl (C=O) groups is 1. The summed E-state index contributed by atoms with van der Waals surface area (Å²) < 4.78 is 30.8. The maximum Gasteiger partial charge on any atom is 0.241 e. The largest absolute Gasteiger partial charge is 0.497 e. The highest BCUT2D eigenvalue weighted by molar-refractivity contribution is 7.92. The van der Waals surface area contributed by atoms with Crippen LogP contribution in [-0.4, -0.2) is 34.2 Å². The first-order chi connectivity index (χ1) is 13.2. The van der Waals surface area contributed by atoms with Crippen molar-refractivity contribution < 1.29 is 17.9 Å². The van der Waals surface area contributed by atoms with E-state index in [-0.39, 0.29) is 18.5 Å². The monoisotopic (exact) mass is 404 g/mol. The normalized spacial score (nSPS) is 12.3. The van der Waals surface area contributed by atoms with Crippen molar-refractivity contribution in [2.24, 2.45) is 0 Å². The first kappa shape index (κ1) is 21.8. The second-order valence-electron chi connectivity index (χ2n) is 6.86. The molecule has 7 heteroatoms. The van der Waals surface area contributed by atoms with Gasteiger partial charge in [-0.3, -0.25) is 9.10 Å². The van der Waals surface area contributed by atoms with Gasteiger partial charge >= 0.3 is 0 Å². The van der Waals surface area contributed by atoms with Crippen LogP contribution < -0.4 is 14.4 Å². The summed E-state index contributed by atoms with van der Waals surface area (Å²) in [5.41, 5.74) is 3.67. The molecule has 0 aliphatic carbocycles. The molecule has 0 saturated heterocycles. The summed E-state index contributed by atoms with van der Waals surface area (Å²) in [5, 5.41) is 2.97. The maximum absolute atomic E-state index is 12.7. The van der Waals surface area contributed by atoms with Crippen LogP contribution in [0.2, 0.25) is 0 Å². The number of hydrogen-bond acceptors (Lipinski definition) is 4. The fourth-order valence-electron chi connectivity index (χ4n) is 3.15. The minimum absolute atomic E-state index is 0.181. The summed E-state index contributed by atoms with van der Waals surface area (Å²) in [6.07, 6.45) is 1.79. The number of ether oxygens (including phenoxy) is 1. The summed E-state index contributed by atoms with van der Waals surface area (Å²) in [4.78, 5) is 12.7. The Balaban J connectivity index is 2.23. The lowest BCUT2D eigenvalue weighted by Crippen LogP contribution is -2.41. The highest BCUT2D eigenvalue weighted by Gasteiger charge is 2.23. The third-order valence-electron chi connectivity index (χ3n) is 4.57. The molecular weight excluding hydrogens is 376 g/mol. The number of nitrogens with one attached hydrogen (secondary N) is 1. The van der Waals surface area contributed by atoms with Crippen LogP contribution >= 0.6 is 0 Å². The van der Waals surface area contributed by atoms with Gasteiger partial charge in [0, 0.05) is 6.07 Å². The highest BCUT2D eigenvalue weighted by atomic mass is 32.2. The van der Waals surface area contributed by atoms with Crippen LogP contribution in [0.1, 0.15) is 36.1 Å². The molecule has 0 fully saturated rings. The van der Waals surface area contributed by atoms with Crippen LogP contribution in [0.5, 0.6) is 5.75 Å². The van der Waals surface area contributed by atoms with Crippen LogP contribution in [-0.2, 0) is 14.8 Å². The van der Waals surface area contributed by atoms with Crippen molar-refractivity contribution in [1.29, 1.82) is 0 Å². The first-order valence-corrected chi connectivity index (χ1v) is 11.0. The molecule has 0 radical (unpaired) electrons. The lowest BCUT2D eigenvalue weighted by Gasteiger charge is -2.25. The minimum Gasteiger partial charge on any atom is -0.497 e. The second-order valence-corrected chi connectivity index (χ2v) is 8.77. The molecule has 1 atom stereocenters. The zero-order valence-corrected chi connectivity index (χ0v) is 17.8. The molecule has 0 bridgehead atoms. The lowest BCUT2D eigenvalue weighted by atomic mass is 9.97. The predicted octanol–water partition coefficient (Wildman–Crippen LogP) is 3.35. The van der Waals surface area contributed by atoms with Gasteiger partial charge in [-0.2, -0.15) is 0 Å². The number of hydrogen-bond donors (Lipinski definition) is 1. The Morgan fingerprint density at radius 2 is 1.89 bits per heavy atom. The third kappa shape index (κ3) is 5.48. The molecule has 28 heavy (non-hydrogen) atoms. The molecular formula is C21H28N2O4S. The fourth-order valence-corrected chi connectivity index (χ4v) is 4.00. The maximum atomic E-state index is 12.7. The van der Waals surface area contributed by atoms with Crippen molar-refractivity contribution in [3.63, 3.8) is 0 Å². The van der Waals surface area contributed by atoms with Crippen LogP contribution in [0.4, 0.5) is 5.69 Å². The second kappa shape index (κ2) is 9.10. The smallest absolute Gasteiger partial charge is 0.241 e. The number of anilines is 1. The summed E-state index contributed by atoms with van der Waals surface area (Å²) >= 11 is 0. The minimum atomic E-state index is -3.64. The summed E-state index contributed by atoms with van der Waals surface area (Å²) in [6, 6.07) is 12.6. The van der Waals surface area contributed by atoms with Gasteiger partial charge in [0.15, 0.2) is 0 Å². The van der Waals surface area contributed by atoms with Gasteiger partial charge in [-0.1, -0.05) is 36.8 Å². The Labute approximate surface area is 167 Å². The van der Waals surface area contributed by atoms with E-state index in [1.807, 2.05) is 32.9 Å². The average Bonchev–Trinajstić information content (AvgIpc) is 2.63. The molecule has 1 N–H and O–H groups in total. The molecule has 152 valence electrons. The molecule has 0 spiro atoms. The Hall–Kier alpha value is -2.54. The van der Waals surface area contributed by atoms with Crippen molar-refractivity contribution in [3.05, 3.63) is 59.2 Å². The van der Waals surface area contributed by atoms with Gasteiger partial charge in [-0.05, 0) is 43.5 Å². The van der Waals surface area contributed by atoms with E-state index >= 15 is 0 Å². The van der Waals surface area contributed by atoms with Gasteiger partial charge in [0.2, 0.25) is 15.9 Å². The topological polar surface area (TPSA) is 75.7 Å². The van der Waals surface area contributed by atoms with Gasteiger partial charge < -0.3 is 10.1 Å². The third-order valence-corrected chi connectivity index (χ3v) is 5.71. The Kier molecular flexibility index (Phi) is 7.07. The zero-order chi connectivity index (χ0) is 20.9. The van der Waals surface area contributed by atoms with E-state index in [0.29, 0.717) is 17.9 Å². The quantitative estimate of drug-likeness (QED) is 0.732. The van der Waals surface area contributed by atoms with E-state index < -0.39 is 10.0 Å². The first-order valence-electron chi connectivity index (χ1n) is 9.14. The lowest BCUT2D eigenvalue weighted by molar-refractivity contribution is -0.120. The number of aryl methyl sites for hydroxylation is 2. The van der Waals surface area contributed by atoms with E-state index in [1.54, 1.807) is 24.3 Å². The van der Waals surface area contributed by atoms with Gasteiger partial charge in [0.05, 0.1) is 25.1 Å². The van der Waals surface area contributed by atoms with Crippen LogP contribution in [0.15, 0.2) is 42.5 Å². The molecule has 6 nitrogen and oxygen atoms in total. The number of amides is 1. The van der Waals surface area contributed by atoms with Crippen LogP contribution in [0.25, 0.3) is 0 Å². The SMILES string of the molecule is CCC(NC(=O)CN(c1cccc(OC)c1)S(C)(=O)=O)c1ccc(C)cc1C. The summed E-state index contributed by atoms with van der Waals surface area (Å²) in [6.45, 7) is 5.72. The Morgan fingerprint density at radius 3 is 2.46 bits per heavy atom. The molecule has 1 amide bonds. The molecule has 2 aromatic carbocycles. The molecule has 2 aromatic rings. The zero-order valence-electron chi connectivity index (χ0n) is 17.0. The number of carbonyl (C=O) groups excluding carboxylic acids is 1. The molecule has 2 rings (SSSR count). The van der Waals surface area contributed by atoms with Crippen molar-refractivity contribution in [1.82, 2.24) is 5.32 Å². The Bertz CT molecular complexity index is 941. The van der Waals surface area contributed by atoms with Gasteiger partial charge in [0.1, 0.15) is 12.3 Å². The Morgan fingerprint density at radius 1 is 1.18 bits per heavy atom. The van der Waals surface area contributed by atoms with E-state index in [1.165, 1.54) is 7.11 Å². The van der Waals surface area contributed by atoms with Crippen molar-refractivity contribution >= 4 is 21.6 Å². The highest BCUT2D eigenvalue weighted by Crippen LogP contribution is 2.24. The van der Waals surface area contributed by atoms with Crippen LogP contribution in [0.3, 0.4) is 0 Å². The average molecular weight is 405 g/mol. The summed E-state index contributed by atoms with van der Waals surface area (Å²) in [5.74, 6) is 0.161. The molecule has 0 aliphatic heterocycles. The fraction of sp³-hybridized carbons (Fsp3) is 0.381. The van der Waals surface area contributed by atoms with Gasteiger partial charge in [0.25, 0.3) is 0 Å². The van der Waals surface area contributed by atoms with Gasteiger partial charge in [-0.15, -0.1) is 0 Å². The van der Waals surface area contributed by atoms with Crippen molar-refractivity contribution in [2.45, 2.75) is 33.2 Å². The van der Waals surface area contributed by atoms with Crippen molar-refractivity contribution in [2.75, 3.05) is 24.2 Å². The molecule has 0 heterocycles. The van der Waals surface area contributed by atoms with Crippen LogP contribution in [0, 0.1) is 13.8 Å². The summed E-state index contributed by atoms with van der Waals surface area (Å²) in [7, 11) is -2.14. The van der Waals surface area contributed by atoms with E-state index in [9.17, 15) is 13.2 Å².